The molecule has 4 rings (SSSR count). The summed E-state index contributed by atoms with van der Waals surface area (Å²) in [4.78, 5) is 14.9. The van der Waals surface area contributed by atoms with Gasteiger partial charge in [-0.3, -0.25) is 4.79 Å². The molecule has 0 spiro atoms. The maximum atomic E-state index is 13.2. The Bertz CT molecular complexity index is 1190. The molecule has 9 heteroatoms. The lowest BCUT2D eigenvalue weighted by Gasteiger charge is -2.21. The predicted molar refractivity (Wildman–Crippen MR) is 125 cm³/mol. The lowest BCUT2D eigenvalue weighted by molar-refractivity contribution is -0.130. The van der Waals surface area contributed by atoms with Crippen LogP contribution in [0, 0.1) is 0 Å². The maximum absolute atomic E-state index is 13.2. The van der Waals surface area contributed by atoms with Crippen LogP contribution in [0.4, 0.5) is 0 Å². The molecular weight excluding hydrogens is 448 g/mol. The number of benzene rings is 2. The second kappa shape index (κ2) is 9.44. The minimum Gasteiger partial charge on any atom is -0.341 e. The van der Waals surface area contributed by atoms with Crippen LogP contribution < -0.4 is 0 Å². The fraction of sp³-hybridized carbons (Fsp3) is 0.304. The van der Waals surface area contributed by atoms with Crippen LogP contribution in [0.15, 0.2) is 60.8 Å². The smallest absolute Gasteiger partial charge is 0.227 e. The number of hydrogen-bond donors (Lipinski definition) is 0. The molecule has 1 saturated heterocycles. The van der Waals surface area contributed by atoms with Crippen molar-refractivity contribution in [3.63, 3.8) is 0 Å². The molecule has 1 aromatic heterocycles. The number of carbonyl (C=O) groups excluding carboxylic acids is 1. The molecule has 0 unspecified atom stereocenters. The molecule has 2 aromatic carbocycles. The van der Waals surface area contributed by atoms with Crippen molar-refractivity contribution in [2.45, 2.75) is 12.8 Å². The number of nitrogens with zero attached hydrogens (tertiary/aromatic N) is 4. The van der Waals surface area contributed by atoms with Gasteiger partial charge >= 0.3 is 0 Å². The zero-order chi connectivity index (χ0) is 22.7. The van der Waals surface area contributed by atoms with Crippen LogP contribution >= 0.6 is 11.6 Å². The van der Waals surface area contributed by atoms with Crippen molar-refractivity contribution in [1.29, 1.82) is 0 Å². The zero-order valence-electron chi connectivity index (χ0n) is 17.8. The number of amides is 1. The van der Waals surface area contributed by atoms with Crippen LogP contribution in [0.3, 0.4) is 0 Å². The third kappa shape index (κ3) is 5.20. The number of aromatic nitrogens is 2. The molecule has 0 atom stereocenters. The first kappa shape index (κ1) is 22.5. The van der Waals surface area contributed by atoms with Crippen molar-refractivity contribution in [3.05, 3.63) is 71.4 Å². The minimum absolute atomic E-state index is 0.0387. The molecule has 3 aromatic rings. The number of rotatable bonds is 5. The number of para-hydroxylation sites is 1. The molecule has 2 heterocycles. The van der Waals surface area contributed by atoms with Gasteiger partial charge in [0, 0.05) is 48.5 Å². The van der Waals surface area contributed by atoms with E-state index in [4.69, 9.17) is 16.7 Å². The minimum atomic E-state index is -3.26. The van der Waals surface area contributed by atoms with Gasteiger partial charge in [-0.2, -0.15) is 5.10 Å². The van der Waals surface area contributed by atoms with Crippen molar-refractivity contribution in [2.75, 3.05) is 32.4 Å². The molecule has 168 valence electrons. The summed E-state index contributed by atoms with van der Waals surface area (Å²) in [6, 6.07) is 17.1. The van der Waals surface area contributed by atoms with E-state index in [9.17, 15) is 13.2 Å². The summed E-state index contributed by atoms with van der Waals surface area (Å²) in [5.41, 5.74) is 3.32. The van der Waals surface area contributed by atoms with Crippen molar-refractivity contribution in [3.8, 4) is 16.9 Å². The topological polar surface area (TPSA) is 75.5 Å². The first-order chi connectivity index (χ1) is 15.3. The first-order valence-electron chi connectivity index (χ1n) is 10.4. The van der Waals surface area contributed by atoms with Crippen molar-refractivity contribution in [2.24, 2.45) is 0 Å². The van der Waals surface area contributed by atoms with E-state index in [1.54, 1.807) is 21.7 Å². The maximum Gasteiger partial charge on any atom is 0.227 e. The van der Waals surface area contributed by atoms with Gasteiger partial charge in [-0.15, -0.1) is 0 Å². The average molecular weight is 473 g/mol. The summed E-state index contributed by atoms with van der Waals surface area (Å²) >= 11 is 6.05. The first-order valence-corrected chi connectivity index (χ1v) is 12.7. The van der Waals surface area contributed by atoms with Gasteiger partial charge in [0.1, 0.15) is 0 Å². The Hall–Kier alpha value is -2.68. The molecule has 0 saturated carbocycles. The summed E-state index contributed by atoms with van der Waals surface area (Å²) in [6.07, 6.45) is 3.90. The van der Waals surface area contributed by atoms with Gasteiger partial charge in [-0.1, -0.05) is 41.9 Å². The number of sulfonamides is 1. The van der Waals surface area contributed by atoms with Gasteiger partial charge in [0.15, 0.2) is 0 Å². The second-order valence-electron chi connectivity index (χ2n) is 7.86. The quantitative estimate of drug-likeness (QED) is 0.571. The normalized spacial score (nSPS) is 15.5. The van der Waals surface area contributed by atoms with Crippen LogP contribution in [-0.4, -0.2) is 65.7 Å². The molecule has 32 heavy (non-hydrogen) atoms. The highest BCUT2D eigenvalue weighted by molar-refractivity contribution is 7.88. The zero-order valence-corrected chi connectivity index (χ0v) is 19.4. The number of halogens is 1. The summed E-state index contributed by atoms with van der Waals surface area (Å²) in [6.45, 7) is 1.67. The van der Waals surface area contributed by atoms with E-state index < -0.39 is 10.0 Å². The molecule has 0 N–H and O–H groups in total. The molecular formula is C23H25ClN4O3S. The highest BCUT2D eigenvalue weighted by Gasteiger charge is 2.25. The van der Waals surface area contributed by atoms with E-state index in [-0.39, 0.29) is 12.3 Å². The number of carbonyl (C=O) groups is 1. The molecule has 1 fully saturated rings. The third-order valence-corrected chi connectivity index (χ3v) is 7.10. The molecule has 1 amide bonds. The fourth-order valence-corrected chi connectivity index (χ4v) is 4.85. The molecule has 0 bridgehead atoms. The van der Waals surface area contributed by atoms with E-state index in [1.807, 2.05) is 48.7 Å². The van der Waals surface area contributed by atoms with E-state index in [0.717, 1.165) is 22.5 Å². The van der Waals surface area contributed by atoms with Crippen molar-refractivity contribution >= 4 is 27.5 Å². The van der Waals surface area contributed by atoms with E-state index in [2.05, 4.69) is 0 Å². The SMILES string of the molecule is CS(=O)(=O)N1CCCN(C(=O)Cc2cn(-c3ccccc3)nc2-c2ccc(Cl)cc2)CC1. The predicted octanol–water partition coefficient (Wildman–Crippen LogP) is 3.23. The third-order valence-electron chi connectivity index (χ3n) is 5.55. The summed E-state index contributed by atoms with van der Waals surface area (Å²) in [5.74, 6) is -0.0387. The van der Waals surface area contributed by atoms with Gasteiger partial charge in [0.2, 0.25) is 15.9 Å². The van der Waals surface area contributed by atoms with Gasteiger partial charge in [0.05, 0.1) is 24.1 Å². The standard InChI is InChI=1S/C23H25ClN4O3S/c1-32(30,31)27-13-5-12-26(14-15-27)22(29)16-19-17-28(21-6-3-2-4-7-21)25-23(19)18-8-10-20(24)11-9-18/h2-4,6-11,17H,5,12-16H2,1H3. The van der Waals surface area contributed by atoms with Crippen LogP contribution in [0.5, 0.6) is 0 Å². The summed E-state index contributed by atoms with van der Waals surface area (Å²) in [7, 11) is -3.26. The van der Waals surface area contributed by atoms with Crippen LogP contribution in [0.25, 0.3) is 16.9 Å². The molecule has 1 aliphatic rings. The Balaban J connectivity index is 1.60. The average Bonchev–Trinajstić information content (AvgIpc) is 3.01. The van der Waals surface area contributed by atoms with Crippen LogP contribution in [-0.2, 0) is 21.2 Å². The molecule has 7 nitrogen and oxygen atoms in total. The highest BCUT2D eigenvalue weighted by atomic mass is 35.5. The van der Waals surface area contributed by atoms with E-state index in [1.165, 1.54) is 10.6 Å². The molecule has 0 radical (unpaired) electrons. The Labute approximate surface area is 193 Å². The van der Waals surface area contributed by atoms with Crippen LogP contribution in [0.1, 0.15) is 12.0 Å². The monoisotopic (exact) mass is 472 g/mol. The van der Waals surface area contributed by atoms with E-state index >= 15 is 0 Å². The van der Waals surface area contributed by atoms with Gasteiger partial charge in [-0.05, 0) is 30.7 Å². The van der Waals surface area contributed by atoms with Gasteiger partial charge in [-0.25, -0.2) is 17.4 Å². The largest absolute Gasteiger partial charge is 0.341 e. The van der Waals surface area contributed by atoms with Gasteiger partial charge in [0.25, 0.3) is 0 Å². The number of hydrogen-bond acceptors (Lipinski definition) is 4. The fourth-order valence-electron chi connectivity index (χ4n) is 3.85. The Morgan fingerprint density at radius 2 is 1.72 bits per heavy atom. The molecule has 0 aliphatic carbocycles. The van der Waals surface area contributed by atoms with Gasteiger partial charge < -0.3 is 4.90 Å². The Morgan fingerprint density at radius 1 is 1.00 bits per heavy atom. The van der Waals surface area contributed by atoms with E-state index in [0.29, 0.717) is 37.6 Å². The molecule has 1 aliphatic heterocycles. The summed E-state index contributed by atoms with van der Waals surface area (Å²) in [5, 5.41) is 5.39. The highest BCUT2D eigenvalue weighted by Crippen LogP contribution is 2.26. The lowest BCUT2D eigenvalue weighted by Crippen LogP contribution is -2.37. The Morgan fingerprint density at radius 3 is 2.41 bits per heavy atom. The van der Waals surface area contributed by atoms with Crippen molar-refractivity contribution in [1.82, 2.24) is 19.0 Å². The summed E-state index contributed by atoms with van der Waals surface area (Å²) < 4.78 is 27.0. The Kier molecular flexibility index (Phi) is 6.64. The van der Waals surface area contributed by atoms with Crippen LogP contribution in [0.2, 0.25) is 5.02 Å². The van der Waals surface area contributed by atoms with Crippen molar-refractivity contribution < 1.29 is 13.2 Å². The lowest BCUT2D eigenvalue weighted by atomic mass is 10.1. The second-order valence-corrected chi connectivity index (χ2v) is 10.3.